The third-order valence-electron chi connectivity index (χ3n) is 7.97. The maximum Gasteiger partial charge on any atom is 0.181 e. The molecule has 0 saturated heterocycles. The molecule has 0 aliphatic heterocycles. The Balaban J connectivity index is 0.000000369. The van der Waals surface area contributed by atoms with Crippen LogP contribution in [0.5, 0.6) is 0 Å². The van der Waals surface area contributed by atoms with E-state index in [2.05, 4.69) is 55.1 Å². The van der Waals surface area contributed by atoms with E-state index in [0.29, 0.717) is 0 Å². The quantitative estimate of drug-likeness (QED) is 0.142. The lowest BCUT2D eigenvalue weighted by atomic mass is 10.2. The van der Waals surface area contributed by atoms with Gasteiger partial charge in [0.05, 0.1) is 28.7 Å². The Labute approximate surface area is 418 Å². The molecule has 0 saturated carbocycles. The van der Waals surface area contributed by atoms with Gasteiger partial charge in [0.15, 0.2) is 15.4 Å². The van der Waals surface area contributed by atoms with Gasteiger partial charge in [-0.3, -0.25) is 0 Å². The first kappa shape index (κ1) is 58.7. The predicted molar refractivity (Wildman–Crippen MR) is 298 cm³/mol. The molecule has 10 heterocycles. The Hall–Kier alpha value is -1.33. The van der Waals surface area contributed by atoms with Crippen LogP contribution in [-0.4, -0.2) is 0 Å². The molecule has 0 N–H and O–H groups in total. The zero-order valence-corrected chi connectivity index (χ0v) is 48.3. The zero-order valence-electron chi connectivity index (χ0n) is 38.6. The number of thiophene rings is 10. The Morgan fingerprint density at radius 1 is 0.452 bits per heavy atom. The maximum absolute atomic E-state index is 13.0. The van der Waals surface area contributed by atoms with Crippen LogP contribution in [0.4, 0.5) is 13.2 Å². The zero-order chi connectivity index (χ0) is 47.4. The highest BCUT2D eigenvalue weighted by Gasteiger charge is 2.12. The molecule has 0 aromatic carbocycles. The minimum Gasteiger partial charge on any atom is -0.195 e. The van der Waals surface area contributed by atoms with Crippen molar-refractivity contribution < 1.29 is 13.2 Å². The Morgan fingerprint density at radius 2 is 1.00 bits per heavy atom. The van der Waals surface area contributed by atoms with Gasteiger partial charge in [0, 0.05) is 47.8 Å². The summed E-state index contributed by atoms with van der Waals surface area (Å²) in [5, 5.41) is 12.0. The minimum absolute atomic E-state index is 0.0325. The summed E-state index contributed by atoms with van der Waals surface area (Å²) >= 11 is 27.2. The molecular formula is C47H59Cl2F3S10. The van der Waals surface area contributed by atoms with Crippen LogP contribution in [0.25, 0.3) is 47.0 Å². The van der Waals surface area contributed by atoms with Gasteiger partial charge in [0.1, 0.15) is 0 Å². The van der Waals surface area contributed by atoms with Crippen molar-refractivity contribution in [1.29, 1.82) is 0 Å². The van der Waals surface area contributed by atoms with Gasteiger partial charge in [0.25, 0.3) is 0 Å². The van der Waals surface area contributed by atoms with Gasteiger partial charge in [0.2, 0.25) is 0 Å². The molecule has 0 atom stereocenters. The van der Waals surface area contributed by atoms with Crippen molar-refractivity contribution in [2.45, 2.75) is 118 Å². The van der Waals surface area contributed by atoms with Crippen molar-refractivity contribution in [3.8, 4) is 0 Å². The van der Waals surface area contributed by atoms with Crippen LogP contribution in [0.1, 0.15) is 107 Å². The summed E-state index contributed by atoms with van der Waals surface area (Å²) in [7, 11) is 0. The van der Waals surface area contributed by atoms with E-state index >= 15 is 0 Å². The van der Waals surface area contributed by atoms with Crippen molar-refractivity contribution in [1.82, 2.24) is 0 Å². The van der Waals surface area contributed by atoms with Gasteiger partial charge < -0.3 is 0 Å². The number of rotatable bonds is 0. The fourth-order valence-corrected chi connectivity index (χ4v) is 16.7. The first-order chi connectivity index (χ1) is 29.7. The number of fused-ring (bicyclic) bond motifs is 5. The molecule has 0 bridgehead atoms. The number of hydrogen-bond donors (Lipinski definition) is 0. The third kappa shape index (κ3) is 15.6. The van der Waals surface area contributed by atoms with Gasteiger partial charge in [-0.05, 0) is 112 Å². The standard InChI is InChI=1S/3C8H7FS2.C7H5ClS2.C6H3ClS2.5C2H6/c1-4-5(2)10-8-6(4)3-7(9)11-8;1-4-3-10-8-6(4)5(2)7(9)11-8;1-4-3-6-5(2)7(9)11-8(6)10-4;1-4-5-2-3-9-7(5)10-6(4)8;7-5-3-4-1-2-8-6(4)9-5;5*1-2/h3*3H,1-2H3;2-3H,1H3;1-3H;5*1-2H3. The molecule has 0 unspecified atom stereocenters. The molecule has 0 aliphatic carbocycles. The molecule has 10 rings (SSSR count). The molecule has 0 aliphatic rings. The van der Waals surface area contributed by atoms with E-state index in [9.17, 15) is 13.2 Å². The lowest BCUT2D eigenvalue weighted by Gasteiger charge is -1.86. The summed E-state index contributed by atoms with van der Waals surface area (Å²) in [4.78, 5) is 2.56. The van der Waals surface area contributed by atoms with E-state index in [1.165, 1.54) is 79.3 Å². The number of hydrogen-bond acceptors (Lipinski definition) is 10. The van der Waals surface area contributed by atoms with Crippen molar-refractivity contribution in [2.24, 2.45) is 0 Å². The highest BCUT2D eigenvalue weighted by molar-refractivity contribution is 7.40. The van der Waals surface area contributed by atoms with Gasteiger partial charge in [-0.15, -0.1) is 79.4 Å². The Morgan fingerprint density at radius 3 is 1.56 bits per heavy atom. The van der Waals surface area contributed by atoms with Crippen LogP contribution < -0.4 is 0 Å². The van der Waals surface area contributed by atoms with E-state index in [4.69, 9.17) is 23.2 Å². The summed E-state index contributed by atoms with van der Waals surface area (Å²) in [6.07, 6.45) is 0. The maximum atomic E-state index is 13.0. The minimum atomic E-state index is -0.0747. The monoisotopic (exact) mass is 1070 g/mol. The Kier molecular flexibility index (Phi) is 28.4. The largest absolute Gasteiger partial charge is 0.195 e. The number of aryl methyl sites for hydroxylation is 7. The summed E-state index contributed by atoms with van der Waals surface area (Å²) in [6, 6.07) is 9.88. The van der Waals surface area contributed by atoms with Crippen LogP contribution in [0.15, 0.2) is 46.5 Å². The molecule has 0 fully saturated rings. The van der Waals surface area contributed by atoms with Crippen LogP contribution in [0.3, 0.4) is 0 Å². The fourth-order valence-electron chi connectivity index (χ4n) is 5.03. The predicted octanol–water partition coefficient (Wildman–Crippen LogP) is 23.8. The second-order valence-electron chi connectivity index (χ2n) is 11.5. The molecule has 15 heteroatoms. The third-order valence-corrected chi connectivity index (χ3v) is 19.7. The van der Waals surface area contributed by atoms with Gasteiger partial charge in [-0.2, -0.15) is 13.2 Å². The molecule has 342 valence electrons. The van der Waals surface area contributed by atoms with Crippen LogP contribution in [0, 0.1) is 63.9 Å². The summed E-state index contributed by atoms with van der Waals surface area (Å²) in [6.45, 7) is 33.9. The molecule has 0 nitrogen and oxygen atoms in total. The average Bonchev–Trinajstić information content (AvgIpc) is 4.18. The molecule has 62 heavy (non-hydrogen) atoms. The first-order valence-electron chi connectivity index (χ1n) is 20.4. The summed E-state index contributed by atoms with van der Waals surface area (Å²) in [5.41, 5.74) is 5.26. The van der Waals surface area contributed by atoms with E-state index in [1.54, 1.807) is 85.4 Å². The van der Waals surface area contributed by atoms with Crippen LogP contribution >= 0.6 is 137 Å². The van der Waals surface area contributed by atoms with Gasteiger partial charge in [-0.25, -0.2) is 0 Å². The number of halogens is 5. The van der Waals surface area contributed by atoms with Gasteiger partial charge in [-0.1, -0.05) is 126 Å². The lowest BCUT2D eigenvalue weighted by Crippen LogP contribution is -1.71. The molecule has 0 amide bonds. The van der Waals surface area contributed by atoms with E-state index in [0.717, 1.165) is 48.0 Å². The molecule has 10 aromatic heterocycles. The van der Waals surface area contributed by atoms with Crippen LogP contribution in [-0.2, 0) is 0 Å². The molecule has 10 aromatic rings. The second-order valence-corrected chi connectivity index (χ2v) is 24.2. The smallest absolute Gasteiger partial charge is 0.181 e. The van der Waals surface area contributed by atoms with Crippen molar-refractivity contribution in [2.75, 3.05) is 0 Å². The summed E-state index contributed by atoms with van der Waals surface area (Å²) < 4.78 is 46.4. The lowest BCUT2D eigenvalue weighted by molar-refractivity contribution is 0.649. The molecule has 0 radical (unpaired) electrons. The van der Waals surface area contributed by atoms with E-state index in [-0.39, 0.29) is 15.4 Å². The molecular weight excluding hydrogens is 1010 g/mol. The first-order valence-corrected chi connectivity index (χ1v) is 29.5. The summed E-state index contributed by atoms with van der Waals surface area (Å²) in [5.74, 6) is 0. The Bertz CT molecular complexity index is 2640. The average molecular weight is 1070 g/mol. The van der Waals surface area contributed by atoms with E-state index < -0.39 is 0 Å². The SMILES string of the molecule is CC.CC.CC.CC.CC.Cc1c(Cl)sc2sccc12.Cc1cc2c(C)c(F)sc2s1.Cc1csc2sc(F)c(C)c12.Cc1sc2sc(F)cc2c1C.Clc1cc2ccsc2s1. The van der Waals surface area contributed by atoms with Crippen LogP contribution in [0.2, 0.25) is 8.67 Å². The topological polar surface area (TPSA) is 0 Å². The van der Waals surface area contributed by atoms with Crippen molar-refractivity contribution in [3.05, 3.63) is 108 Å². The molecule has 0 spiro atoms. The van der Waals surface area contributed by atoms with Crippen molar-refractivity contribution in [3.63, 3.8) is 0 Å². The van der Waals surface area contributed by atoms with Gasteiger partial charge >= 0.3 is 0 Å². The van der Waals surface area contributed by atoms with Crippen molar-refractivity contribution >= 4 is 184 Å². The second kappa shape index (κ2) is 30.1. The fraction of sp³-hybridized carbons (Fsp3) is 0.362. The highest BCUT2D eigenvalue weighted by atomic mass is 35.5. The normalized spacial score (nSPS) is 9.77. The highest BCUT2D eigenvalue weighted by Crippen LogP contribution is 2.39. The van der Waals surface area contributed by atoms with E-state index in [1.807, 2.05) is 103 Å².